The maximum atomic E-state index is 12.4. The summed E-state index contributed by atoms with van der Waals surface area (Å²) in [6.07, 6.45) is -1.55. The van der Waals surface area contributed by atoms with Crippen molar-refractivity contribution in [3.63, 3.8) is 0 Å². The summed E-state index contributed by atoms with van der Waals surface area (Å²) < 4.78 is 29.6. The number of aliphatic hydroxyl groups excluding tert-OH is 1. The van der Waals surface area contributed by atoms with Crippen LogP contribution in [0.4, 0.5) is 4.79 Å². The Hall–Kier alpha value is -2.28. The first-order chi connectivity index (χ1) is 17.9. The highest BCUT2D eigenvalue weighted by Crippen LogP contribution is 2.43. The SMILES string of the molecule is CN(C)C(=O)CO[C@@H]1CO[C@@]2(CN3CCC(C)(NC(=O)OCc4ccccc4)CC3)OC(C)(C)O[C@H]2[C@@H]1O. The summed E-state index contributed by atoms with van der Waals surface area (Å²) in [6.45, 7) is 7.47. The quantitative estimate of drug-likeness (QED) is 0.510. The summed E-state index contributed by atoms with van der Waals surface area (Å²) in [6, 6.07) is 9.57. The summed E-state index contributed by atoms with van der Waals surface area (Å²) in [5.41, 5.74) is 0.531. The molecule has 3 saturated heterocycles. The highest BCUT2D eigenvalue weighted by Gasteiger charge is 2.62. The predicted octanol–water partition coefficient (Wildman–Crippen LogP) is 1.48. The second kappa shape index (κ2) is 11.4. The lowest BCUT2D eigenvalue weighted by Gasteiger charge is -2.46. The molecule has 3 aliphatic rings. The van der Waals surface area contributed by atoms with Crippen LogP contribution in [0.25, 0.3) is 0 Å². The smallest absolute Gasteiger partial charge is 0.407 e. The Kier molecular flexibility index (Phi) is 8.65. The minimum Gasteiger partial charge on any atom is -0.445 e. The van der Waals surface area contributed by atoms with E-state index in [9.17, 15) is 14.7 Å². The molecule has 0 saturated carbocycles. The minimum atomic E-state index is -1.18. The highest BCUT2D eigenvalue weighted by molar-refractivity contribution is 5.76. The number of likely N-dealkylation sites (N-methyl/N-ethyl adjacent to an activating group) is 1. The molecular formula is C27H41N3O8. The molecule has 11 nitrogen and oxygen atoms in total. The van der Waals surface area contributed by atoms with E-state index in [0.717, 1.165) is 5.56 Å². The molecule has 3 heterocycles. The number of likely N-dealkylation sites (tertiary alicyclic amines) is 1. The molecule has 4 atom stereocenters. The van der Waals surface area contributed by atoms with Gasteiger partial charge in [0.2, 0.25) is 11.7 Å². The number of amides is 2. The summed E-state index contributed by atoms with van der Waals surface area (Å²) in [4.78, 5) is 28.0. The van der Waals surface area contributed by atoms with Crippen molar-refractivity contribution in [2.24, 2.45) is 0 Å². The maximum absolute atomic E-state index is 12.4. The number of rotatable bonds is 8. The van der Waals surface area contributed by atoms with Crippen LogP contribution < -0.4 is 5.32 Å². The van der Waals surface area contributed by atoms with Gasteiger partial charge >= 0.3 is 6.09 Å². The summed E-state index contributed by atoms with van der Waals surface area (Å²) in [5.74, 6) is -2.34. The molecule has 11 heteroatoms. The van der Waals surface area contributed by atoms with Crippen molar-refractivity contribution < 1.29 is 38.4 Å². The van der Waals surface area contributed by atoms with Crippen LogP contribution in [-0.2, 0) is 35.1 Å². The zero-order chi connectivity index (χ0) is 27.6. The molecule has 0 unspecified atom stereocenters. The maximum Gasteiger partial charge on any atom is 0.407 e. The Balaban J connectivity index is 1.31. The Labute approximate surface area is 224 Å². The Morgan fingerprint density at radius 2 is 1.84 bits per heavy atom. The summed E-state index contributed by atoms with van der Waals surface area (Å²) in [7, 11) is 3.29. The highest BCUT2D eigenvalue weighted by atomic mass is 16.8. The molecule has 2 amide bonds. The van der Waals surface area contributed by atoms with E-state index >= 15 is 0 Å². The van der Waals surface area contributed by atoms with Gasteiger partial charge in [-0.3, -0.25) is 9.69 Å². The number of carbonyl (C=O) groups excluding carboxylic acids is 2. The Morgan fingerprint density at radius 3 is 2.50 bits per heavy atom. The van der Waals surface area contributed by atoms with Gasteiger partial charge in [-0.15, -0.1) is 0 Å². The number of nitrogens with zero attached hydrogens (tertiary/aromatic N) is 2. The van der Waals surface area contributed by atoms with Gasteiger partial charge in [0.05, 0.1) is 13.2 Å². The third-order valence-electron chi connectivity index (χ3n) is 7.39. The van der Waals surface area contributed by atoms with Crippen molar-refractivity contribution >= 4 is 12.0 Å². The van der Waals surface area contributed by atoms with Crippen LogP contribution in [0.5, 0.6) is 0 Å². The number of carbonyl (C=O) groups is 2. The van der Waals surface area contributed by atoms with Crippen molar-refractivity contribution in [1.29, 1.82) is 0 Å². The topological polar surface area (TPSA) is 119 Å². The van der Waals surface area contributed by atoms with E-state index in [-0.39, 0.29) is 25.7 Å². The lowest BCUT2D eigenvalue weighted by Crippen LogP contribution is -2.65. The van der Waals surface area contributed by atoms with E-state index in [1.165, 1.54) is 4.90 Å². The monoisotopic (exact) mass is 535 g/mol. The number of fused-ring (bicyclic) bond motifs is 1. The van der Waals surface area contributed by atoms with Crippen LogP contribution in [0, 0.1) is 0 Å². The number of aliphatic hydroxyl groups is 1. The van der Waals surface area contributed by atoms with E-state index in [4.69, 9.17) is 23.7 Å². The average Bonchev–Trinajstić information content (AvgIpc) is 3.15. The van der Waals surface area contributed by atoms with Gasteiger partial charge in [-0.1, -0.05) is 30.3 Å². The molecule has 4 rings (SSSR count). The lowest BCUT2D eigenvalue weighted by molar-refractivity contribution is -0.301. The van der Waals surface area contributed by atoms with Crippen LogP contribution in [0.2, 0.25) is 0 Å². The van der Waals surface area contributed by atoms with Crippen LogP contribution in [0.1, 0.15) is 39.2 Å². The molecule has 0 aromatic heterocycles. The van der Waals surface area contributed by atoms with Crippen molar-refractivity contribution in [3.05, 3.63) is 35.9 Å². The van der Waals surface area contributed by atoms with Crippen molar-refractivity contribution in [2.75, 3.05) is 46.9 Å². The average molecular weight is 536 g/mol. The number of hydrogen-bond acceptors (Lipinski definition) is 9. The molecule has 2 N–H and O–H groups in total. The number of hydrogen-bond donors (Lipinski definition) is 2. The standard InChI is InChI=1S/C27H41N3O8/c1-25(2)37-23-22(32)20(34-17-21(31)29(4)5)16-36-27(23,38-25)18-30-13-11-26(3,12-14-30)28-24(33)35-15-19-9-7-6-8-10-19/h6-10,20,22-23,32H,11-18H2,1-5H3,(H,28,33)/t20-,22-,23+,27+/m1/s1. The fourth-order valence-corrected chi connectivity index (χ4v) is 5.12. The Morgan fingerprint density at radius 1 is 1.16 bits per heavy atom. The molecule has 38 heavy (non-hydrogen) atoms. The zero-order valence-corrected chi connectivity index (χ0v) is 23.0. The minimum absolute atomic E-state index is 0.0676. The molecule has 0 bridgehead atoms. The molecule has 0 spiro atoms. The third-order valence-corrected chi connectivity index (χ3v) is 7.39. The van der Waals surface area contributed by atoms with Gasteiger partial charge in [0.15, 0.2) is 5.79 Å². The van der Waals surface area contributed by atoms with Crippen LogP contribution in [-0.4, -0.2) is 109 Å². The summed E-state index contributed by atoms with van der Waals surface area (Å²) in [5, 5.41) is 14.1. The van der Waals surface area contributed by atoms with Crippen LogP contribution in [0.3, 0.4) is 0 Å². The molecular weight excluding hydrogens is 494 g/mol. The van der Waals surface area contributed by atoms with E-state index in [1.54, 1.807) is 27.9 Å². The predicted molar refractivity (Wildman–Crippen MR) is 137 cm³/mol. The second-order valence-corrected chi connectivity index (χ2v) is 11.3. The fourth-order valence-electron chi connectivity index (χ4n) is 5.12. The summed E-state index contributed by atoms with van der Waals surface area (Å²) >= 11 is 0. The van der Waals surface area contributed by atoms with Crippen LogP contribution >= 0.6 is 0 Å². The lowest BCUT2D eigenvalue weighted by atomic mass is 9.88. The number of piperidine rings is 1. The molecule has 3 fully saturated rings. The molecule has 1 aromatic carbocycles. The van der Waals surface area contributed by atoms with Crippen LogP contribution in [0.15, 0.2) is 30.3 Å². The fraction of sp³-hybridized carbons (Fsp3) is 0.704. The van der Waals surface area contributed by atoms with Crippen molar-refractivity contribution in [3.8, 4) is 0 Å². The van der Waals surface area contributed by atoms with Gasteiger partial charge in [0, 0.05) is 32.7 Å². The van der Waals surface area contributed by atoms with Gasteiger partial charge in [-0.05, 0) is 39.2 Å². The molecule has 1 aromatic rings. The second-order valence-electron chi connectivity index (χ2n) is 11.3. The van der Waals surface area contributed by atoms with Gasteiger partial charge in [0.1, 0.15) is 31.5 Å². The zero-order valence-electron chi connectivity index (χ0n) is 23.0. The number of nitrogens with one attached hydrogen (secondary N) is 1. The van der Waals surface area contributed by atoms with Gasteiger partial charge < -0.3 is 39.0 Å². The molecule has 0 aliphatic carbocycles. The first-order valence-corrected chi connectivity index (χ1v) is 13.1. The normalized spacial score (nSPS) is 30.3. The van der Waals surface area contributed by atoms with E-state index in [0.29, 0.717) is 32.5 Å². The third kappa shape index (κ3) is 6.83. The first-order valence-electron chi connectivity index (χ1n) is 13.1. The van der Waals surface area contributed by atoms with E-state index < -0.39 is 41.5 Å². The van der Waals surface area contributed by atoms with Gasteiger partial charge in [0.25, 0.3) is 0 Å². The molecule has 212 valence electrons. The largest absolute Gasteiger partial charge is 0.445 e. The number of alkyl carbamates (subject to hydrolysis) is 1. The van der Waals surface area contributed by atoms with E-state index in [1.807, 2.05) is 37.3 Å². The van der Waals surface area contributed by atoms with Crippen molar-refractivity contribution in [2.45, 2.75) is 75.6 Å². The first kappa shape index (κ1) is 28.7. The molecule has 3 aliphatic heterocycles. The van der Waals surface area contributed by atoms with E-state index in [2.05, 4.69) is 10.2 Å². The van der Waals surface area contributed by atoms with Gasteiger partial charge in [-0.2, -0.15) is 0 Å². The molecule has 0 radical (unpaired) electrons. The van der Waals surface area contributed by atoms with Crippen molar-refractivity contribution in [1.82, 2.24) is 15.1 Å². The van der Waals surface area contributed by atoms with Gasteiger partial charge in [-0.25, -0.2) is 4.79 Å². The number of benzene rings is 1. The Bertz CT molecular complexity index is 966. The number of ether oxygens (including phenoxy) is 5.